The van der Waals surface area contributed by atoms with Gasteiger partial charge in [0.1, 0.15) is 12.0 Å². The first-order valence-electron chi connectivity index (χ1n) is 6.14. The molecular formula is C16H11ClN2O. The number of aromatic nitrogens is 2. The Morgan fingerprint density at radius 2 is 1.75 bits per heavy atom. The van der Waals surface area contributed by atoms with Gasteiger partial charge < -0.3 is 4.57 Å². The summed E-state index contributed by atoms with van der Waals surface area (Å²) >= 11 is 5.42. The Hall–Kier alpha value is -2.39. The molecule has 4 heteroatoms. The van der Waals surface area contributed by atoms with Gasteiger partial charge in [0.25, 0.3) is 5.24 Å². The fourth-order valence-corrected chi connectivity index (χ4v) is 2.14. The van der Waals surface area contributed by atoms with E-state index in [0.29, 0.717) is 0 Å². The number of halogens is 1. The van der Waals surface area contributed by atoms with Gasteiger partial charge in [-0.05, 0) is 34.9 Å². The number of benzene rings is 2. The monoisotopic (exact) mass is 282 g/mol. The van der Waals surface area contributed by atoms with Crippen LogP contribution in [0.3, 0.4) is 0 Å². The quantitative estimate of drug-likeness (QED) is 0.683. The summed E-state index contributed by atoms with van der Waals surface area (Å²) < 4.78 is 1.78. The number of carbonyl (C=O) groups excluding carboxylic acids is 1. The highest BCUT2D eigenvalue weighted by molar-refractivity contribution is 6.67. The minimum absolute atomic E-state index is 0.247. The third-order valence-electron chi connectivity index (χ3n) is 3.04. The second-order valence-corrected chi connectivity index (χ2v) is 4.70. The first-order chi connectivity index (χ1) is 9.74. The van der Waals surface area contributed by atoms with E-state index in [4.69, 9.17) is 11.6 Å². The summed E-state index contributed by atoms with van der Waals surface area (Å²) in [6.45, 7) is 0. The second-order valence-electron chi connectivity index (χ2n) is 4.36. The first kappa shape index (κ1) is 12.6. The Morgan fingerprint density at radius 3 is 2.45 bits per heavy atom. The van der Waals surface area contributed by atoms with Crippen molar-refractivity contribution in [3.63, 3.8) is 0 Å². The van der Waals surface area contributed by atoms with Gasteiger partial charge in [-0.2, -0.15) is 0 Å². The van der Waals surface area contributed by atoms with Crippen molar-refractivity contribution in [3.8, 4) is 16.8 Å². The fourth-order valence-electron chi connectivity index (χ4n) is 2.04. The number of hydrogen-bond acceptors (Lipinski definition) is 2. The minimum atomic E-state index is -0.553. The summed E-state index contributed by atoms with van der Waals surface area (Å²) in [4.78, 5) is 15.0. The molecule has 0 fully saturated rings. The molecular weight excluding hydrogens is 272 g/mol. The average Bonchev–Trinajstić information content (AvgIpc) is 2.98. The molecule has 3 nitrogen and oxygen atoms in total. The summed E-state index contributed by atoms with van der Waals surface area (Å²) in [6, 6.07) is 18.1. The standard InChI is InChI=1S/C16H11ClN2O/c17-16(20)15-10-19(11-18-15)14-8-4-7-13(9-14)12-5-2-1-3-6-12/h1-11H. The van der Waals surface area contributed by atoms with Crippen molar-refractivity contribution in [2.45, 2.75) is 0 Å². The minimum Gasteiger partial charge on any atom is -0.305 e. The molecule has 0 atom stereocenters. The molecule has 3 rings (SSSR count). The van der Waals surface area contributed by atoms with E-state index in [-0.39, 0.29) is 5.69 Å². The van der Waals surface area contributed by atoms with E-state index in [1.165, 1.54) is 0 Å². The lowest BCUT2D eigenvalue weighted by atomic mass is 10.1. The Balaban J connectivity index is 2.01. The van der Waals surface area contributed by atoms with Crippen molar-refractivity contribution in [2.75, 3.05) is 0 Å². The molecule has 2 aromatic carbocycles. The highest BCUT2D eigenvalue weighted by atomic mass is 35.5. The highest BCUT2D eigenvalue weighted by Crippen LogP contribution is 2.22. The van der Waals surface area contributed by atoms with Crippen LogP contribution in [0.5, 0.6) is 0 Å². The van der Waals surface area contributed by atoms with E-state index in [2.05, 4.69) is 17.1 Å². The molecule has 0 unspecified atom stereocenters. The Bertz CT molecular complexity index is 750. The Morgan fingerprint density at radius 1 is 1.00 bits per heavy atom. The molecule has 98 valence electrons. The van der Waals surface area contributed by atoms with Crippen LogP contribution in [0, 0.1) is 0 Å². The molecule has 3 aromatic rings. The highest BCUT2D eigenvalue weighted by Gasteiger charge is 2.07. The smallest absolute Gasteiger partial charge is 0.272 e. The van der Waals surface area contributed by atoms with Crippen molar-refractivity contribution >= 4 is 16.8 Å². The van der Waals surface area contributed by atoms with Gasteiger partial charge in [-0.3, -0.25) is 4.79 Å². The van der Waals surface area contributed by atoms with E-state index in [1.807, 2.05) is 42.5 Å². The Labute approximate surface area is 121 Å². The number of rotatable bonds is 3. The molecule has 1 heterocycles. The maximum atomic E-state index is 11.1. The SMILES string of the molecule is O=C(Cl)c1cn(-c2cccc(-c3ccccc3)c2)cn1. The summed E-state index contributed by atoms with van der Waals surface area (Å²) in [6.07, 6.45) is 3.21. The largest absolute Gasteiger partial charge is 0.305 e. The maximum Gasteiger partial charge on any atom is 0.272 e. The zero-order valence-corrected chi connectivity index (χ0v) is 11.3. The molecule has 0 saturated carbocycles. The average molecular weight is 283 g/mol. The lowest BCUT2D eigenvalue weighted by Gasteiger charge is -2.06. The van der Waals surface area contributed by atoms with Gasteiger partial charge in [0.2, 0.25) is 0 Å². The Kier molecular flexibility index (Phi) is 3.35. The van der Waals surface area contributed by atoms with Crippen LogP contribution < -0.4 is 0 Å². The lowest BCUT2D eigenvalue weighted by molar-refractivity contribution is 0.107. The van der Waals surface area contributed by atoms with Crippen LogP contribution in [0.4, 0.5) is 0 Å². The van der Waals surface area contributed by atoms with E-state index < -0.39 is 5.24 Å². The van der Waals surface area contributed by atoms with Crippen LogP contribution in [0.15, 0.2) is 67.1 Å². The third kappa shape index (κ3) is 2.49. The second kappa shape index (κ2) is 5.31. The van der Waals surface area contributed by atoms with Crippen molar-refractivity contribution in [1.29, 1.82) is 0 Å². The molecule has 20 heavy (non-hydrogen) atoms. The predicted molar refractivity (Wildman–Crippen MR) is 79.2 cm³/mol. The molecule has 0 bridgehead atoms. The first-order valence-corrected chi connectivity index (χ1v) is 6.51. The van der Waals surface area contributed by atoms with Gasteiger partial charge in [0, 0.05) is 11.9 Å². The van der Waals surface area contributed by atoms with Crippen molar-refractivity contribution in [2.24, 2.45) is 0 Å². The topological polar surface area (TPSA) is 34.9 Å². The van der Waals surface area contributed by atoms with Crippen LogP contribution in [0.2, 0.25) is 0 Å². The van der Waals surface area contributed by atoms with Gasteiger partial charge in [-0.25, -0.2) is 4.98 Å². The van der Waals surface area contributed by atoms with Crippen LogP contribution in [0.1, 0.15) is 10.5 Å². The predicted octanol–water partition coefficient (Wildman–Crippen LogP) is 3.92. The lowest BCUT2D eigenvalue weighted by Crippen LogP contribution is -1.91. The van der Waals surface area contributed by atoms with Gasteiger partial charge in [-0.1, -0.05) is 42.5 Å². The zero-order chi connectivity index (χ0) is 13.9. The van der Waals surface area contributed by atoms with Gasteiger partial charge >= 0.3 is 0 Å². The maximum absolute atomic E-state index is 11.1. The summed E-state index contributed by atoms with van der Waals surface area (Å²) in [5.74, 6) is 0. The number of hydrogen-bond donors (Lipinski definition) is 0. The molecule has 0 spiro atoms. The number of imidazole rings is 1. The molecule has 0 aliphatic heterocycles. The van der Waals surface area contributed by atoms with E-state index in [9.17, 15) is 4.79 Å². The van der Waals surface area contributed by atoms with Crippen LogP contribution >= 0.6 is 11.6 Å². The van der Waals surface area contributed by atoms with Crippen LogP contribution in [0.25, 0.3) is 16.8 Å². The van der Waals surface area contributed by atoms with Crippen LogP contribution in [-0.2, 0) is 0 Å². The van der Waals surface area contributed by atoms with Crippen molar-refractivity contribution < 1.29 is 4.79 Å². The molecule has 0 saturated heterocycles. The van der Waals surface area contributed by atoms with E-state index in [1.54, 1.807) is 17.1 Å². The van der Waals surface area contributed by atoms with Crippen molar-refractivity contribution in [1.82, 2.24) is 9.55 Å². The molecule has 0 aliphatic rings. The van der Waals surface area contributed by atoms with Gasteiger partial charge in [0.05, 0.1) is 0 Å². The third-order valence-corrected chi connectivity index (χ3v) is 3.23. The normalized spacial score (nSPS) is 10.4. The molecule has 0 aliphatic carbocycles. The van der Waals surface area contributed by atoms with Crippen LogP contribution in [-0.4, -0.2) is 14.8 Å². The molecule has 1 aromatic heterocycles. The van der Waals surface area contributed by atoms with Gasteiger partial charge in [0.15, 0.2) is 0 Å². The summed E-state index contributed by atoms with van der Waals surface area (Å²) in [7, 11) is 0. The van der Waals surface area contributed by atoms with E-state index >= 15 is 0 Å². The van der Waals surface area contributed by atoms with Crippen molar-refractivity contribution in [3.05, 3.63) is 72.8 Å². The van der Waals surface area contributed by atoms with Gasteiger partial charge in [-0.15, -0.1) is 0 Å². The molecule has 0 amide bonds. The molecule has 0 N–H and O–H groups in total. The zero-order valence-electron chi connectivity index (χ0n) is 10.5. The summed E-state index contributed by atoms with van der Waals surface area (Å²) in [5, 5.41) is -0.553. The molecule has 0 radical (unpaired) electrons. The number of nitrogens with zero attached hydrogens (tertiary/aromatic N) is 2. The number of carbonyl (C=O) groups is 1. The van der Waals surface area contributed by atoms with E-state index in [0.717, 1.165) is 16.8 Å². The fraction of sp³-hybridized carbons (Fsp3) is 0. The summed E-state index contributed by atoms with van der Waals surface area (Å²) in [5.41, 5.74) is 3.43.